The number of rotatable bonds is 5. The molecule has 3 rings (SSSR count). The molecule has 1 heterocycles. The topological polar surface area (TPSA) is 26.5 Å². The molecule has 1 aromatic heterocycles. The Balaban J connectivity index is 1.93. The van der Waals surface area contributed by atoms with Gasteiger partial charge in [-0.05, 0) is 62.1 Å². The molecule has 0 unspecified atom stereocenters. The summed E-state index contributed by atoms with van der Waals surface area (Å²) in [6, 6.07) is 18.9. The Kier molecular flexibility index (Phi) is 5.73. The van der Waals surface area contributed by atoms with Crippen LogP contribution in [0.2, 0.25) is 0 Å². The van der Waals surface area contributed by atoms with Gasteiger partial charge in [0.15, 0.2) is 0 Å². The lowest BCUT2D eigenvalue weighted by molar-refractivity contribution is 0.341. The molecule has 0 atom stereocenters. The Labute approximate surface area is 168 Å². The highest BCUT2D eigenvalue weighted by atomic mass is 16.5. The first-order chi connectivity index (χ1) is 13.3. The summed E-state index contributed by atoms with van der Waals surface area (Å²) in [4.78, 5) is 4.69. The van der Waals surface area contributed by atoms with E-state index in [4.69, 9.17) is 4.74 Å². The first-order valence-corrected chi connectivity index (χ1v) is 9.87. The number of para-hydroxylation sites is 2. The molecule has 3 heteroatoms. The summed E-state index contributed by atoms with van der Waals surface area (Å²) < 4.78 is 7.95. The van der Waals surface area contributed by atoms with Crippen molar-refractivity contribution in [2.45, 2.75) is 47.0 Å². The molecule has 0 amide bonds. The Bertz CT molecular complexity index is 973. The van der Waals surface area contributed by atoms with Crippen LogP contribution in [0, 0.1) is 13.8 Å². The predicted molar refractivity (Wildman–Crippen MR) is 119 cm³/mol. The van der Waals surface area contributed by atoms with Crippen molar-refractivity contribution in [2.75, 3.05) is 6.61 Å². The van der Waals surface area contributed by atoms with Crippen LogP contribution < -0.4 is 4.74 Å². The average molecular weight is 375 g/mol. The highest BCUT2D eigenvalue weighted by molar-refractivity contribution is 5.85. The molecule has 3 aromatic rings. The summed E-state index contributed by atoms with van der Waals surface area (Å²) in [5.41, 5.74) is 7.02. The fraction of sp³-hybridized carbons (Fsp3) is 0.320. The highest BCUT2D eigenvalue weighted by Crippen LogP contribution is 2.28. The van der Waals surface area contributed by atoms with Crippen LogP contribution >= 0.6 is 0 Å². The van der Waals surface area contributed by atoms with E-state index in [9.17, 15) is 0 Å². The highest BCUT2D eigenvalue weighted by Gasteiger charge is 2.14. The standard InChI is InChI=1S/C25H30N2O/c1-7-28-24-11-9-8-10-23(24)26-17-20-16-18(2)27(19(20)3)22-14-12-21(13-15-22)25(4,5)6/h8-17H,7H2,1-6H3. The minimum absolute atomic E-state index is 0.158. The molecule has 0 N–H and O–H groups in total. The zero-order valence-corrected chi connectivity index (χ0v) is 17.8. The first kappa shape index (κ1) is 19.9. The van der Waals surface area contributed by atoms with Gasteiger partial charge in [-0.3, -0.25) is 4.99 Å². The van der Waals surface area contributed by atoms with Crippen molar-refractivity contribution in [3.8, 4) is 11.4 Å². The molecule has 28 heavy (non-hydrogen) atoms. The molecule has 3 nitrogen and oxygen atoms in total. The third kappa shape index (κ3) is 4.19. The quantitative estimate of drug-likeness (QED) is 0.466. The second kappa shape index (κ2) is 8.05. The van der Waals surface area contributed by atoms with Crippen molar-refractivity contribution in [1.29, 1.82) is 0 Å². The van der Waals surface area contributed by atoms with E-state index in [0.29, 0.717) is 6.61 Å². The van der Waals surface area contributed by atoms with Crippen LogP contribution in [-0.2, 0) is 5.41 Å². The Hall–Kier alpha value is -2.81. The smallest absolute Gasteiger partial charge is 0.144 e. The molecule has 0 bridgehead atoms. The van der Waals surface area contributed by atoms with Crippen molar-refractivity contribution >= 4 is 11.9 Å². The van der Waals surface area contributed by atoms with E-state index in [1.54, 1.807) is 0 Å². The van der Waals surface area contributed by atoms with Crippen LogP contribution in [-0.4, -0.2) is 17.4 Å². The van der Waals surface area contributed by atoms with Gasteiger partial charge in [-0.25, -0.2) is 0 Å². The molecule has 0 aliphatic carbocycles. The summed E-state index contributed by atoms with van der Waals surface area (Å²) in [6.45, 7) is 13.6. The van der Waals surface area contributed by atoms with E-state index in [1.807, 2.05) is 37.4 Å². The number of nitrogens with zero attached hydrogens (tertiary/aromatic N) is 2. The van der Waals surface area contributed by atoms with E-state index >= 15 is 0 Å². The van der Waals surface area contributed by atoms with Crippen LogP contribution in [0.1, 0.15) is 50.2 Å². The third-order valence-corrected chi connectivity index (χ3v) is 4.97. The largest absolute Gasteiger partial charge is 0.492 e. The van der Waals surface area contributed by atoms with Crippen LogP contribution in [0.15, 0.2) is 59.6 Å². The van der Waals surface area contributed by atoms with Gasteiger partial charge in [-0.1, -0.05) is 45.0 Å². The average Bonchev–Trinajstić information content (AvgIpc) is 2.94. The SMILES string of the molecule is CCOc1ccccc1N=Cc1cc(C)n(-c2ccc(C(C)(C)C)cc2)c1C. The Morgan fingerprint density at radius 1 is 1.00 bits per heavy atom. The Morgan fingerprint density at radius 2 is 1.68 bits per heavy atom. The summed E-state index contributed by atoms with van der Waals surface area (Å²) in [6.07, 6.45) is 1.93. The van der Waals surface area contributed by atoms with E-state index in [2.05, 4.69) is 74.5 Å². The lowest BCUT2D eigenvalue weighted by atomic mass is 9.87. The van der Waals surface area contributed by atoms with Crippen molar-refractivity contribution < 1.29 is 4.74 Å². The van der Waals surface area contributed by atoms with Crippen LogP contribution in [0.3, 0.4) is 0 Å². The van der Waals surface area contributed by atoms with Gasteiger partial charge in [-0.2, -0.15) is 0 Å². The van der Waals surface area contributed by atoms with Crippen molar-refractivity contribution in [1.82, 2.24) is 4.57 Å². The minimum Gasteiger partial charge on any atom is -0.492 e. The van der Waals surface area contributed by atoms with Gasteiger partial charge >= 0.3 is 0 Å². The van der Waals surface area contributed by atoms with Gasteiger partial charge in [0.05, 0.1) is 6.61 Å². The number of aromatic nitrogens is 1. The molecule has 0 aliphatic heterocycles. The molecule has 0 radical (unpaired) electrons. The predicted octanol–water partition coefficient (Wildman–Crippen LogP) is 6.54. The van der Waals surface area contributed by atoms with E-state index in [0.717, 1.165) is 17.0 Å². The molecular weight excluding hydrogens is 344 g/mol. The van der Waals surface area contributed by atoms with Gasteiger partial charge in [-0.15, -0.1) is 0 Å². The molecular formula is C25H30N2O. The maximum atomic E-state index is 5.67. The van der Waals surface area contributed by atoms with E-state index in [-0.39, 0.29) is 5.41 Å². The second-order valence-corrected chi connectivity index (χ2v) is 8.12. The molecule has 0 saturated carbocycles. The van der Waals surface area contributed by atoms with Crippen molar-refractivity contribution in [3.63, 3.8) is 0 Å². The molecule has 0 fully saturated rings. The summed E-state index contributed by atoms with van der Waals surface area (Å²) >= 11 is 0. The van der Waals surface area contributed by atoms with Gasteiger partial charge in [0, 0.05) is 28.9 Å². The number of aliphatic imine (C=N–C) groups is 1. The van der Waals surface area contributed by atoms with Gasteiger partial charge in [0.1, 0.15) is 11.4 Å². The fourth-order valence-corrected chi connectivity index (χ4v) is 3.41. The van der Waals surface area contributed by atoms with E-state index in [1.165, 1.54) is 22.6 Å². The molecule has 0 spiro atoms. The number of hydrogen-bond donors (Lipinski definition) is 0. The third-order valence-electron chi connectivity index (χ3n) is 4.97. The van der Waals surface area contributed by atoms with Gasteiger partial charge < -0.3 is 9.30 Å². The van der Waals surface area contributed by atoms with Crippen LogP contribution in [0.25, 0.3) is 5.69 Å². The number of aryl methyl sites for hydroxylation is 1. The van der Waals surface area contributed by atoms with Gasteiger partial charge in [0.25, 0.3) is 0 Å². The summed E-state index contributed by atoms with van der Waals surface area (Å²) in [7, 11) is 0. The minimum atomic E-state index is 0.158. The zero-order chi connectivity index (χ0) is 20.3. The number of ether oxygens (including phenoxy) is 1. The van der Waals surface area contributed by atoms with E-state index < -0.39 is 0 Å². The molecule has 0 aliphatic rings. The molecule has 146 valence electrons. The normalized spacial score (nSPS) is 11.9. The zero-order valence-electron chi connectivity index (χ0n) is 17.8. The maximum Gasteiger partial charge on any atom is 0.144 e. The van der Waals surface area contributed by atoms with Crippen molar-refractivity contribution in [2.24, 2.45) is 4.99 Å². The number of benzene rings is 2. The number of hydrogen-bond acceptors (Lipinski definition) is 2. The fourth-order valence-electron chi connectivity index (χ4n) is 3.41. The maximum absolute atomic E-state index is 5.67. The lowest BCUT2D eigenvalue weighted by Gasteiger charge is -2.20. The van der Waals surface area contributed by atoms with Crippen molar-refractivity contribution in [3.05, 3.63) is 77.1 Å². The van der Waals surface area contributed by atoms with Crippen LogP contribution in [0.5, 0.6) is 5.75 Å². The summed E-state index contributed by atoms with van der Waals surface area (Å²) in [5.74, 6) is 0.813. The summed E-state index contributed by atoms with van der Waals surface area (Å²) in [5, 5.41) is 0. The van der Waals surface area contributed by atoms with Crippen LogP contribution in [0.4, 0.5) is 5.69 Å². The molecule has 2 aromatic carbocycles. The monoisotopic (exact) mass is 374 g/mol. The molecule has 0 saturated heterocycles. The van der Waals surface area contributed by atoms with Gasteiger partial charge in [0.2, 0.25) is 0 Å². The Morgan fingerprint density at radius 3 is 2.32 bits per heavy atom. The lowest BCUT2D eigenvalue weighted by Crippen LogP contribution is -2.11. The second-order valence-electron chi connectivity index (χ2n) is 8.12. The first-order valence-electron chi connectivity index (χ1n) is 9.87.